The smallest absolute Gasteiger partial charge is 0.399 e. The van der Waals surface area contributed by atoms with Crippen LogP contribution in [0, 0.1) is 5.95 Å². The summed E-state index contributed by atoms with van der Waals surface area (Å²) in [5.74, 6) is -0.576. The minimum atomic E-state index is -0.728. The number of aromatic nitrogens is 1. The molecule has 0 saturated carbocycles. The van der Waals surface area contributed by atoms with Gasteiger partial charge in [-0.3, -0.25) is 0 Å². The standard InChI is InChI=1S/C13H19BFNO3/c1-12(2)13(3,4)19-14(18-12)10-7-6-9(8-17-5)16-11(10)15/h6-7H,8H2,1-5H3. The van der Waals surface area contributed by atoms with Gasteiger partial charge in [-0.2, -0.15) is 4.39 Å². The van der Waals surface area contributed by atoms with E-state index in [-0.39, 0.29) is 6.61 Å². The van der Waals surface area contributed by atoms with Gasteiger partial charge >= 0.3 is 7.12 Å². The molecule has 1 fully saturated rings. The van der Waals surface area contributed by atoms with Crippen LogP contribution < -0.4 is 5.46 Å². The molecule has 2 rings (SSSR count). The van der Waals surface area contributed by atoms with E-state index in [1.807, 2.05) is 27.7 Å². The van der Waals surface area contributed by atoms with Crippen LogP contribution in [-0.2, 0) is 20.7 Å². The number of halogens is 1. The van der Waals surface area contributed by atoms with E-state index in [1.54, 1.807) is 19.2 Å². The predicted molar refractivity (Wildman–Crippen MR) is 70.6 cm³/mol. The second-order valence-electron chi connectivity index (χ2n) is 5.70. The topological polar surface area (TPSA) is 40.6 Å². The van der Waals surface area contributed by atoms with Crippen LogP contribution in [0.1, 0.15) is 33.4 Å². The number of methoxy groups -OCH3 is 1. The first kappa shape index (κ1) is 14.4. The molecule has 19 heavy (non-hydrogen) atoms. The van der Waals surface area contributed by atoms with Crippen LogP contribution in [0.15, 0.2) is 12.1 Å². The lowest BCUT2D eigenvalue weighted by molar-refractivity contribution is 0.00578. The highest BCUT2D eigenvalue weighted by Gasteiger charge is 2.52. The van der Waals surface area contributed by atoms with E-state index in [0.29, 0.717) is 11.2 Å². The predicted octanol–water partition coefficient (Wildman–Crippen LogP) is 1.67. The summed E-state index contributed by atoms with van der Waals surface area (Å²) in [7, 11) is 0.816. The maximum atomic E-state index is 14.0. The highest BCUT2D eigenvalue weighted by molar-refractivity contribution is 6.62. The zero-order valence-corrected chi connectivity index (χ0v) is 12.0. The van der Waals surface area contributed by atoms with E-state index in [1.165, 1.54) is 0 Å². The Morgan fingerprint density at radius 2 is 1.79 bits per heavy atom. The van der Waals surface area contributed by atoms with Crippen LogP contribution in [-0.4, -0.2) is 30.4 Å². The molecule has 0 radical (unpaired) electrons. The van der Waals surface area contributed by atoms with Gasteiger partial charge in [0.1, 0.15) is 0 Å². The highest BCUT2D eigenvalue weighted by atomic mass is 19.1. The molecule has 104 valence electrons. The summed E-state index contributed by atoms with van der Waals surface area (Å²) in [6.07, 6.45) is 0. The Labute approximate surface area is 113 Å². The third kappa shape index (κ3) is 2.66. The van der Waals surface area contributed by atoms with Crippen molar-refractivity contribution in [3.8, 4) is 0 Å². The first-order chi connectivity index (χ1) is 8.77. The van der Waals surface area contributed by atoms with Gasteiger partial charge in [0, 0.05) is 12.6 Å². The molecule has 1 saturated heterocycles. The molecular weight excluding hydrogens is 248 g/mol. The number of nitrogens with zero attached hydrogens (tertiary/aromatic N) is 1. The maximum absolute atomic E-state index is 14.0. The highest BCUT2D eigenvalue weighted by Crippen LogP contribution is 2.36. The van der Waals surface area contributed by atoms with Crippen LogP contribution in [0.4, 0.5) is 4.39 Å². The van der Waals surface area contributed by atoms with Gasteiger partial charge in [0.15, 0.2) is 0 Å². The van der Waals surface area contributed by atoms with E-state index in [9.17, 15) is 4.39 Å². The second-order valence-corrected chi connectivity index (χ2v) is 5.70. The van der Waals surface area contributed by atoms with Crippen LogP contribution in [0.25, 0.3) is 0 Å². The van der Waals surface area contributed by atoms with Gasteiger partial charge < -0.3 is 14.0 Å². The number of ether oxygens (including phenoxy) is 1. The first-order valence-electron chi connectivity index (χ1n) is 6.27. The Hall–Kier alpha value is -0.975. The largest absolute Gasteiger partial charge is 0.499 e. The summed E-state index contributed by atoms with van der Waals surface area (Å²) in [5, 5.41) is 0. The summed E-state index contributed by atoms with van der Waals surface area (Å²) >= 11 is 0. The Balaban J connectivity index is 2.25. The average molecular weight is 267 g/mol. The molecule has 0 atom stereocenters. The normalized spacial score (nSPS) is 20.8. The molecule has 1 aliphatic rings. The molecule has 0 aliphatic carbocycles. The molecule has 4 nitrogen and oxygen atoms in total. The summed E-state index contributed by atoms with van der Waals surface area (Å²) < 4.78 is 30.5. The van der Waals surface area contributed by atoms with Crippen LogP contribution >= 0.6 is 0 Å². The minimum absolute atomic E-state index is 0.278. The molecular formula is C13H19BFNO3. The molecule has 0 unspecified atom stereocenters. The Kier molecular flexibility index (Phi) is 3.68. The summed E-state index contributed by atoms with van der Waals surface area (Å²) in [5.41, 5.74) is -0.122. The number of hydrogen-bond donors (Lipinski definition) is 0. The second kappa shape index (κ2) is 4.85. The number of hydrogen-bond acceptors (Lipinski definition) is 4. The fraction of sp³-hybridized carbons (Fsp3) is 0.615. The Morgan fingerprint density at radius 1 is 1.21 bits per heavy atom. The third-order valence-corrected chi connectivity index (χ3v) is 3.73. The minimum Gasteiger partial charge on any atom is -0.399 e. The van der Waals surface area contributed by atoms with Crippen molar-refractivity contribution in [2.75, 3.05) is 7.11 Å². The van der Waals surface area contributed by atoms with Crippen molar-refractivity contribution in [2.45, 2.75) is 45.5 Å². The molecule has 1 aliphatic heterocycles. The molecule has 2 heterocycles. The van der Waals surface area contributed by atoms with Gasteiger partial charge in [-0.15, -0.1) is 0 Å². The van der Waals surface area contributed by atoms with E-state index in [4.69, 9.17) is 14.0 Å². The maximum Gasteiger partial charge on any atom is 0.499 e. The number of rotatable bonds is 3. The van der Waals surface area contributed by atoms with Crippen LogP contribution in [0.3, 0.4) is 0 Å². The van der Waals surface area contributed by atoms with Gasteiger partial charge in [0.2, 0.25) is 5.95 Å². The van der Waals surface area contributed by atoms with Gasteiger partial charge in [0.05, 0.1) is 23.5 Å². The van der Waals surface area contributed by atoms with Gasteiger partial charge in [-0.25, -0.2) is 4.98 Å². The first-order valence-corrected chi connectivity index (χ1v) is 6.27. The van der Waals surface area contributed by atoms with Crippen molar-refractivity contribution >= 4 is 12.6 Å². The van der Waals surface area contributed by atoms with E-state index < -0.39 is 24.3 Å². The SMILES string of the molecule is COCc1ccc(B2OC(C)(C)C(C)(C)O2)c(F)n1. The van der Waals surface area contributed by atoms with Gasteiger partial charge in [0.25, 0.3) is 0 Å². The quantitative estimate of drug-likeness (QED) is 0.617. The van der Waals surface area contributed by atoms with Gasteiger partial charge in [-0.05, 0) is 33.8 Å². The van der Waals surface area contributed by atoms with E-state index >= 15 is 0 Å². The molecule has 6 heteroatoms. The Bertz CT molecular complexity index is 463. The van der Waals surface area contributed by atoms with Crippen molar-refractivity contribution in [1.29, 1.82) is 0 Å². The van der Waals surface area contributed by atoms with Crippen molar-refractivity contribution in [3.05, 3.63) is 23.8 Å². The molecule has 0 spiro atoms. The van der Waals surface area contributed by atoms with E-state index in [0.717, 1.165) is 0 Å². The Morgan fingerprint density at radius 3 is 2.26 bits per heavy atom. The zero-order chi connectivity index (χ0) is 14.3. The lowest BCUT2D eigenvalue weighted by Gasteiger charge is -2.32. The summed E-state index contributed by atoms with van der Waals surface area (Å²) in [4.78, 5) is 3.85. The monoisotopic (exact) mass is 267 g/mol. The van der Waals surface area contributed by atoms with Crippen LogP contribution in [0.5, 0.6) is 0 Å². The van der Waals surface area contributed by atoms with Crippen LogP contribution in [0.2, 0.25) is 0 Å². The molecule has 1 aromatic rings. The van der Waals surface area contributed by atoms with Crippen molar-refractivity contribution in [1.82, 2.24) is 4.98 Å². The molecule has 1 aromatic heterocycles. The lowest BCUT2D eigenvalue weighted by atomic mass is 9.80. The van der Waals surface area contributed by atoms with Gasteiger partial charge in [-0.1, -0.05) is 6.07 Å². The van der Waals surface area contributed by atoms with E-state index in [2.05, 4.69) is 4.98 Å². The van der Waals surface area contributed by atoms with Crippen molar-refractivity contribution in [2.24, 2.45) is 0 Å². The molecule has 0 bridgehead atoms. The fourth-order valence-corrected chi connectivity index (χ4v) is 1.86. The lowest BCUT2D eigenvalue weighted by Crippen LogP contribution is -2.41. The van der Waals surface area contributed by atoms with Crippen molar-refractivity contribution in [3.63, 3.8) is 0 Å². The number of pyridine rings is 1. The van der Waals surface area contributed by atoms with Crippen molar-refractivity contribution < 1.29 is 18.4 Å². The molecule has 0 N–H and O–H groups in total. The third-order valence-electron chi connectivity index (χ3n) is 3.73. The average Bonchev–Trinajstić information content (AvgIpc) is 2.48. The molecule has 0 amide bonds. The fourth-order valence-electron chi connectivity index (χ4n) is 1.86. The molecule has 0 aromatic carbocycles. The summed E-state index contributed by atoms with van der Waals surface area (Å²) in [6.45, 7) is 7.99. The zero-order valence-electron chi connectivity index (χ0n) is 12.0. The summed E-state index contributed by atoms with van der Waals surface area (Å²) in [6, 6.07) is 3.35.